The van der Waals surface area contributed by atoms with Crippen LogP contribution < -0.4 is 5.32 Å². The number of anilines is 1. The number of nitrogens with one attached hydrogen (secondary N) is 1. The first kappa shape index (κ1) is 16.2. The zero-order valence-electron chi connectivity index (χ0n) is 14.2. The van der Waals surface area contributed by atoms with E-state index < -0.39 is 0 Å². The molecular weight excluding hydrogens is 298 g/mol. The van der Waals surface area contributed by atoms with E-state index >= 15 is 0 Å². The van der Waals surface area contributed by atoms with Gasteiger partial charge in [0.25, 0.3) is 0 Å². The summed E-state index contributed by atoms with van der Waals surface area (Å²) in [5, 5.41) is 2.94. The van der Waals surface area contributed by atoms with Crippen molar-refractivity contribution in [1.29, 1.82) is 0 Å². The quantitative estimate of drug-likeness (QED) is 0.902. The fourth-order valence-electron chi connectivity index (χ4n) is 3.08. The van der Waals surface area contributed by atoms with Gasteiger partial charge in [-0.1, -0.05) is 48.5 Å². The maximum absolute atomic E-state index is 12.3. The average Bonchev–Trinajstić information content (AvgIpc) is 2.99. The smallest absolute Gasteiger partial charge is 0.347 e. The molecule has 0 spiro atoms. The van der Waals surface area contributed by atoms with E-state index in [0.717, 1.165) is 48.6 Å². The summed E-state index contributed by atoms with van der Waals surface area (Å²) in [7, 11) is 0. The Kier molecular flexibility index (Phi) is 4.94. The molecule has 0 bridgehead atoms. The highest BCUT2D eigenvalue weighted by molar-refractivity contribution is 6.01. The van der Waals surface area contributed by atoms with Crippen LogP contribution in [0.2, 0.25) is 0 Å². The van der Waals surface area contributed by atoms with Crippen LogP contribution in [0.1, 0.15) is 29.5 Å². The number of hydrogen-bond acceptors (Lipinski definition) is 1. The molecule has 2 amide bonds. The predicted octanol–water partition coefficient (Wildman–Crippen LogP) is 4.53. The molecule has 24 heavy (non-hydrogen) atoms. The third kappa shape index (κ3) is 3.82. The lowest BCUT2D eigenvalue weighted by Crippen LogP contribution is -2.26. The number of rotatable bonds is 3. The summed E-state index contributed by atoms with van der Waals surface area (Å²) in [6.07, 6.45) is 1.90. The number of carbonyl (C=O) groups is 1. The van der Waals surface area contributed by atoms with Gasteiger partial charge in [0.1, 0.15) is 5.84 Å². The second-order valence-electron chi connectivity index (χ2n) is 6.24. The molecule has 1 N–H and O–H groups in total. The molecule has 1 aliphatic heterocycles. The Bertz CT molecular complexity index is 732. The summed E-state index contributed by atoms with van der Waals surface area (Å²) >= 11 is 0. The molecule has 0 aromatic heterocycles. The highest BCUT2D eigenvalue weighted by atomic mass is 16.2. The van der Waals surface area contributed by atoms with Crippen LogP contribution in [0.4, 0.5) is 10.5 Å². The van der Waals surface area contributed by atoms with Gasteiger partial charge in [0.05, 0.1) is 0 Å². The molecule has 4 heteroatoms. The molecular formula is C20H23N3O. The second-order valence-corrected chi connectivity index (χ2v) is 6.24. The van der Waals surface area contributed by atoms with Gasteiger partial charge in [0.15, 0.2) is 0 Å². The fraction of sp³-hybridized carbons (Fsp3) is 0.300. The molecule has 1 aliphatic rings. The number of carbonyl (C=O) groups excluding carboxylic acids is 1. The van der Waals surface area contributed by atoms with Crippen LogP contribution in [-0.2, 0) is 6.54 Å². The number of amidine groups is 1. The van der Waals surface area contributed by atoms with Gasteiger partial charge >= 0.3 is 6.03 Å². The van der Waals surface area contributed by atoms with E-state index in [1.807, 2.05) is 50.2 Å². The Morgan fingerprint density at radius 3 is 2.50 bits per heavy atom. The van der Waals surface area contributed by atoms with Crippen molar-refractivity contribution in [3.8, 4) is 0 Å². The van der Waals surface area contributed by atoms with Gasteiger partial charge in [0.2, 0.25) is 0 Å². The highest BCUT2D eigenvalue weighted by Crippen LogP contribution is 2.20. The Balaban J connectivity index is 1.71. The maximum atomic E-state index is 12.3. The van der Waals surface area contributed by atoms with Gasteiger partial charge < -0.3 is 10.2 Å². The van der Waals surface area contributed by atoms with Crippen molar-refractivity contribution in [2.24, 2.45) is 4.99 Å². The van der Waals surface area contributed by atoms with Crippen LogP contribution >= 0.6 is 0 Å². The lowest BCUT2D eigenvalue weighted by atomic mass is 10.1. The van der Waals surface area contributed by atoms with Crippen LogP contribution in [0.5, 0.6) is 0 Å². The van der Waals surface area contributed by atoms with E-state index in [0.29, 0.717) is 0 Å². The van der Waals surface area contributed by atoms with Crippen molar-refractivity contribution in [2.45, 2.75) is 33.2 Å². The normalized spacial score (nSPS) is 15.8. The lowest BCUT2D eigenvalue weighted by molar-refractivity contribution is 0.259. The lowest BCUT2D eigenvalue weighted by Gasteiger charge is -2.19. The second kappa shape index (κ2) is 7.30. The SMILES string of the molecule is Cc1cccc(C)c1NC(=O)/N=C1/CCCN1Cc1ccccc1. The number of amides is 2. The molecule has 0 atom stereocenters. The van der Waals surface area contributed by atoms with Crippen molar-refractivity contribution in [2.75, 3.05) is 11.9 Å². The van der Waals surface area contributed by atoms with E-state index in [2.05, 4.69) is 27.3 Å². The summed E-state index contributed by atoms with van der Waals surface area (Å²) in [5.74, 6) is 0.877. The summed E-state index contributed by atoms with van der Waals surface area (Å²) in [6.45, 7) is 5.74. The molecule has 2 aromatic carbocycles. The maximum Gasteiger partial charge on any atom is 0.347 e. The number of urea groups is 1. The van der Waals surface area contributed by atoms with Crippen molar-refractivity contribution in [1.82, 2.24) is 4.90 Å². The van der Waals surface area contributed by atoms with Crippen LogP contribution in [-0.4, -0.2) is 23.3 Å². The topological polar surface area (TPSA) is 44.7 Å². The first-order chi connectivity index (χ1) is 11.6. The van der Waals surface area contributed by atoms with E-state index in [9.17, 15) is 4.79 Å². The monoisotopic (exact) mass is 321 g/mol. The van der Waals surface area contributed by atoms with Crippen molar-refractivity contribution in [3.05, 3.63) is 65.2 Å². The first-order valence-electron chi connectivity index (χ1n) is 8.37. The van der Waals surface area contributed by atoms with Gasteiger partial charge in [-0.15, -0.1) is 0 Å². The molecule has 0 aliphatic carbocycles. The minimum absolute atomic E-state index is 0.289. The summed E-state index contributed by atoms with van der Waals surface area (Å²) in [4.78, 5) is 18.9. The van der Waals surface area contributed by atoms with Gasteiger partial charge in [-0.25, -0.2) is 4.79 Å². The molecule has 0 radical (unpaired) electrons. The van der Waals surface area contributed by atoms with E-state index in [-0.39, 0.29) is 6.03 Å². The van der Waals surface area contributed by atoms with Crippen LogP contribution in [0, 0.1) is 13.8 Å². The Labute approximate surface area is 143 Å². The molecule has 1 saturated heterocycles. The van der Waals surface area contributed by atoms with Crippen molar-refractivity contribution >= 4 is 17.6 Å². The van der Waals surface area contributed by atoms with Crippen LogP contribution in [0.25, 0.3) is 0 Å². The zero-order valence-corrected chi connectivity index (χ0v) is 14.2. The fourth-order valence-corrected chi connectivity index (χ4v) is 3.08. The standard InChI is InChI=1S/C20H23N3O/c1-15-8-6-9-16(2)19(15)22-20(24)21-18-12-7-13-23(18)14-17-10-4-3-5-11-17/h3-6,8-11H,7,12-14H2,1-2H3,(H,22,24)/b21-18-. The zero-order chi connectivity index (χ0) is 16.9. The summed E-state index contributed by atoms with van der Waals surface area (Å²) in [6, 6.07) is 16.0. The molecule has 2 aromatic rings. The number of hydrogen-bond donors (Lipinski definition) is 1. The van der Waals surface area contributed by atoms with Crippen molar-refractivity contribution < 1.29 is 4.79 Å². The van der Waals surface area contributed by atoms with Gasteiger partial charge in [0, 0.05) is 25.2 Å². The van der Waals surface area contributed by atoms with Gasteiger partial charge in [-0.2, -0.15) is 4.99 Å². The largest absolute Gasteiger partial charge is 0.356 e. The van der Waals surface area contributed by atoms with E-state index in [1.165, 1.54) is 5.56 Å². The molecule has 1 fully saturated rings. The average molecular weight is 321 g/mol. The van der Waals surface area contributed by atoms with Crippen LogP contribution in [0.3, 0.4) is 0 Å². The first-order valence-corrected chi connectivity index (χ1v) is 8.37. The number of benzene rings is 2. The van der Waals surface area contributed by atoms with Crippen LogP contribution in [0.15, 0.2) is 53.5 Å². The highest BCUT2D eigenvalue weighted by Gasteiger charge is 2.20. The molecule has 4 nitrogen and oxygen atoms in total. The summed E-state index contributed by atoms with van der Waals surface area (Å²) in [5.41, 5.74) is 4.20. The number of likely N-dealkylation sites (tertiary alicyclic amines) is 1. The Morgan fingerprint density at radius 1 is 1.08 bits per heavy atom. The molecule has 3 rings (SSSR count). The number of nitrogens with zero attached hydrogens (tertiary/aromatic N) is 2. The number of aliphatic imine (C=N–C) groups is 1. The molecule has 1 heterocycles. The Morgan fingerprint density at radius 2 is 1.79 bits per heavy atom. The Hall–Kier alpha value is -2.62. The van der Waals surface area contributed by atoms with Crippen molar-refractivity contribution in [3.63, 3.8) is 0 Å². The van der Waals surface area contributed by atoms with Gasteiger partial charge in [-0.3, -0.25) is 0 Å². The third-order valence-corrected chi connectivity index (χ3v) is 4.35. The third-order valence-electron chi connectivity index (χ3n) is 4.35. The van der Waals surface area contributed by atoms with E-state index in [1.54, 1.807) is 0 Å². The minimum Gasteiger partial charge on any atom is -0.356 e. The summed E-state index contributed by atoms with van der Waals surface area (Å²) < 4.78 is 0. The van der Waals surface area contributed by atoms with E-state index in [4.69, 9.17) is 0 Å². The molecule has 0 saturated carbocycles. The minimum atomic E-state index is -0.289. The van der Waals surface area contributed by atoms with Gasteiger partial charge in [-0.05, 0) is 37.0 Å². The molecule has 124 valence electrons. The number of para-hydroxylation sites is 1. The predicted molar refractivity (Wildman–Crippen MR) is 98.5 cm³/mol. The number of aryl methyl sites for hydroxylation is 2. The molecule has 0 unspecified atom stereocenters.